The minimum atomic E-state index is -0.824. The molecule has 0 atom stereocenters. The van der Waals surface area contributed by atoms with Crippen molar-refractivity contribution in [2.75, 3.05) is 0 Å². The molecule has 4 heteroatoms. The van der Waals surface area contributed by atoms with Gasteiger partial charge in [-0.25, -0.2) is 0 Å². The molecule has 2 saturated carbocycles. The van der Waals surface area contributed by atoms with E-state index in [1.807, 2.05) is 0 Å². The molecule has 4 nitrogen and oxygen atoms in total. The Morgan fingerprint density at radius 3 is 2.11 bits per heavy atom. The first-order valence-electron chi connectivity index (χ1n) is 7.42. The maximum atomic E-state index is 12.8. The number of imide groups is 1. The highest BCUT2D eigenvalue weighted by Crippen LogP contribution is 2.49. The van der Waals surface area contributed by atoms with Gasteiger partial charge in [0.2, 0.25) is 11.8 Å². The molecule has 1 aliphatic heterocycles. The van der Waals surface area contributed by atoms with Crippen molar-refractivity contribution < 1.29 is 9.59 Å². The highest BCUT2D eigenvalue weighted by Gasteiger charge is 2.58. The fraction of sp³-hybridized carbons (Fsp3) is 0.800. The van der Waals surface area contributed by atoms with Gasteiger partial charge in [-0.1, -0.05) is 19.3 Å². The lowest BCUT2D eigenvalue weighted by molar-refractivity contribution is -0.147. The SMILES string of the molecule is N#CC1(N2C(=O)CC3(CCCCC3)C2=O)CCCC1. The standard InChI is InChI=1S/C15H20N2O2/c16-11-15(8-4-5-9-15)17-12(18)10-14(13(17)19)6-2-1-3-7-14/h1-10H2. The molecule has 102 valence electrons. The summed E-state index contributed by atoms with van der Waals surface area (Å²) in [5, 5.41) is 9.50. The maximum Gasteiger partial charge on any atom is 0.237 e. The molecule has 3 rings (SSSR count). The second-order valence-electron chi connectivity index (χ2n) is 6.40. The smallest absolute Gasteiger partial charge is 0.237 e. The van der Waals surface area contributed by atoms with Gasteiger partial charge in [0.15, 0.2) is 0 Å². The molecular formula is C15H20N2O2. The Morgan fingerprint density at radius 2 is 1.53 bits per heavy atom. The molecular weight excluding hydrogens is 240 g/mol. The molecule has 0 bridgehead atoms. The summed E-state index contributed by atoms with van der Waals surface area (Å²) in [6.07, 6.45) is 8.44. The van der Waals surface area contributed by atoms with Gasteiger partial charge in [0.05, 0.1) is 11.5 Å². The van der Waals surface area contributed by atoms with Crippen molar-refractivity contribution in [2.24, 2.45) is 5.41 Å². The summed E-state index contributed by atoms with van der Waals surface area (Å²) in [7, 11) is 0. The van der Waals surface area contributed by atoms with E-state index in [0.29, 0.717) is 19.3 Å². The second-order valence-corrected chi connectivity index (χ2v) is 6.40. The lowest BCUT2D eigenvalue weighted by Gasteiger charge is -2.35. The average Bonchev–Trinajstić information content (AvgIpc) is 2.97. The van der Waals surface area contributed by atoms with E-state index in [9.17, 15) is 14.9 Å². The molecule has 2 aliphatic carbocycles. The van der Waals surface area contributed by atoms with Crippen molar-refractivity contribution in [3.8, 4) is 6.07 Å². The van der Waals surface area contributed by atoms with Crippen LogP contribution in [-0.4, -0.2) is 22.3 Å². The van der Waals surface area contributed by atoms with E-state index >= 15 is 0 Å². The van der Waals surface area contributed by atoms with Crippen molar-refractivity contribution in [1.82, 2.24) is 4.90 Å². The first kappa shape index (κ1) is 12.7. The zero-order chi connectivity index (χ0) is 13.5. The number of carbonyl (C=O) groups excluding carboxylic acids is 2. The van der Waals surface area contributed by atoms with Gasteiger partial charge in [-0.3, -0.25) is 14.5 Å². The van der Waals surface area contributed by atoms with Crippen LogP contribution in [-0.2, 0) is 9.59 Å². The molecule has 0 aromatic heterocycles. The minimum absolute atomic E-state index is 0.0411. The van der Waals surface area contributed by atoms with Gasteiger partial charge in [-0.2, -0.15) is 5.26 Å². The van der Waals surface area contributed by atoms with E-state index in [4.69, 9.17) is 0 Å². The Balaban J connectivity index is 1.93. The van der Waals surface area contributed by atoms with E-state index in [0.717, 1.165) is 44.9 Å². The lowest BCUT2D eigenvalue weighted by atomic mass is 9.73. The van der Waals surface area contributed by atoms with E-state index in [1.54, 1.807) is 0 Å². The molecule has 0 aromatic rings. The monoisotopic (exact) mass is 260 g/mol. The van der Waals surface area contributed by atoms with Crippen LogP contribution in [0.25, 0.3) is 0 Å². The van der Waals surface area contributed by atoms with E-state index in [-0.39, 0.29) is 11.8 Å². The Hall–Kier alpha value is -1.37. The fourth-order valence-electron chi connectivity index (χ4n) is 4.19. The van der Waals surface area contributed by atoms with E-state index in [1.165, 1.54) is 4.90 Å². The molecule has 19 heavy (non-hydrogen) atoms. The van der Waals surface area contributed by atoms with Gasteiger partial charge in [0.1, 0.15) is 5.54 Å². The topological polar surface area (TPSA) is 61.2 Å². The maximum absolute atomic E-state index is 12.8. The Morgan fingerprint density at radius 1 is 0.947 bits per heavy atom. The molecule has 0 radical (unpaired) electrons. The highest BCUT2D eigenvalue weighted by molar-refractivity contribution is 6.07. The van der Waals surface area contributed by atoms with Crippen LogP contribution in [0.1, 0.15) is 64.2 Å². The van der Waals surface area contributed by atoms with Crippen molar-refractivity contribution in [2.45, 2.75) is 69.7 Å². The number of hydrogen-bond acceptors (Lipinski definition) is 3. The van der Waals surface area contributed by atoms with Crippen LogP contribution in [0.3, 0.4) is 0 Å². The number of amides is 2. The summed E-state index contributed by atoms with van der Waals surface area (Å²) in [5.74, 6) is -0.143. The van der Waals surface area contributed by atoms with Crippen LogP contribution < -0.4 is 0 Å². The fourth-order valence-corrected chi connectivity index (χ4v) is 4.19. The molecule has 0 N–H and O–H groups in total. The van der Waals surface area contributed by atoms with Gasteiger partial charge in [-0.15, -0.1) is 0 Å². The minimum Gasteiger partial charge on any atom is -0.274 e. The Bertz CT molecular complexity index is 451. The van der Waals surface area contributed by atoms with Crippen LogP contribution in [0.2, 0.25) is 0 Å². The average molecular weight is 260 g/mol. The van der Waals surface area contributed by atoms with Crippen LogP contribution in [0.4, 0.5) is 0 Å². The van der Waals surface area contributed by atoms with Crippen LogP contribution >= 0.6 is 0 Å². The lowest BCUT2D eigenvalue weighted by Crippen LogP contribution is -2.50. The van der Waals surface area contributed by atoms with Gasteiger partial charge in [0.25, 0.3) is 0 Å². The van der Waals surface area contributed by atoms with E-state index < -0.39 is 11.0 Å². The Kier molecular flexibility index (Phi) is 2.88. The molecule has 1 spiro atoms. The first-order chi connectivity index (χ1) is 9.14. The van der Waals surface area contributed by atoms with Crippen molar-refractivity contribution >= 4 is 11.8 Å². The highest BCUT2D eigenvalue weighted by atomic mass is 16.2. The number of nitriles is 1. The summed E-state index contributed by atoms with van der Waals surface area (Å²) < 4.78 is 0. The number of likely N-dealkylation sites (tertiary alicyclic amines) is 1. The number of nitrogens with zero attached hydrogens (tertiary/aromatic N) is 2. The van der Waals surface area contributed by atoms with Gasteiger partial charge < -0.3 is 0 Å². The third-order valence-electron chi connectivity index (χ3n) is 5.27. The quantitative estimate of drug-likeness (QED) is 0.681. The normalized spacial score (nSPS) is 28.9. The van der Waals surface area contributed by atoms with E-state index in [2.05, 4.69) is 6.07 Å². The molecule has 2 amide bonds. The van der Waals surface area contributed by atoms with Crippen molar-refractivity contribution in [3.05, 3.63) is 0 Å². The summed E-state index contributed by atoms with van der Waals surface area (Å²) in [5.41, 5.74) is -1.28. The largest absolute Gasteiger partial charge is 0.274 e. The molecule has 1 heterocycles. The third-order valence-corrected chi connectivity index (χ3v) is 5.27. The van der Waals surface area contributed by atoms with Crippen molar-refractivity contribution in [3.63, 3.8) is 0 Å². The summed E-state index contributed by atoms with van der Waals surface area (Å²) in [6, 6.07) is 2.29. The first-order valence-corrected chi connectivity index (χ1v) is 7.42. The molecule has 0 unspecified atom stereocenters. The molecule has 1 saturated heterocycles. The predicted molar refractivity (Wildman–Crippen MR) is 68.8 cm³/mol. The van der Waals surface area contributed by atoms with Gasteiger partial charge in [0, 0.05) is 6.42 Å². The molecule has 3 aliphatic rings. The zero-order valence-electron chi connectivity index (χ0n) is 11.3. The van der Waals surface area contributed by atoms with Crippen LogP contribution in [0.5, 0.6) is 0 Å². The predicted octanol–water partition coefficient (Wildman–Crippen LogP) is 2.53. The number of hydrogen-bond donors (Lipinski definition) is 0. The summed E-state index contributed by atoms with van der Waals surface area (Å²) in [4.78, 5) is 26.5. The molecule has 0 aromatic carbocycles. The summed E-state index contributed by atoms with van der Waals surface area (Å²) >= 11 is 0. The second kappa shape index (κ2) is 4.33. The zero-order valence-corrected chi connectivity index (χ0v) is 11.3. The third kappa shape index (κ3) is 1.71. The van der Waals surface area contributed by atoms with Crippen LogP contribution in [0.15, 0.2) is 0 Å². The number of rotatable bonds is 1. The molecule has 3 fully saturated rings. The van der Waals surface area contributed by atoms with Crippen molar-refractivity contribution in [1.29, 1.82) is 5.26 Å². The van der Waals surface area contributed by atoms with Gasteiger partial charge in [-0.05, 0) is 38.5 Å². The Labute approximate surface area is 113 Å². The summed E-state index contributed by atoms with van der Waals surface area (Å²) in [6.45, 7) is 0. The van der Waals surface area contributed by atoms with Crippen LogP contribution in [0, 0.1) is 16.7 Å². The van der Waals surface area contributed by atoms with Gasteiger partial charge >= 0.3 is 0 Å². The number of carbonyl (C=O) groups is 2.